The third-order valence-electron chi connectivity index (χ3n) is 4.10. The lowest BCUT2D eigenvalue weighted by Crippen LogP contribution is -2.45. The number of anilines is 1. The maximum absolute atomic E-state index is 11.3. The molecule has 2 saturated heterocycles. The molecule has 2 atom stereocenters. The highest BCUT2D eigenvalue weighted by atomic mass is 16.6. The fourth-order valence-electron chi connectivity index (χ4n) is 3.35. The Labute approximate surface area is 115 Å². The number of nitro groups is 1. The van der Waals surface area contributed by atoms with Crippen molar-refractivity contribution < 1.29 is 14.8 Å². The summed E-state index contributed by atoms with van der Waals surface area (Å²) in [6.45, 7) is 0. The van der Waals surface area contributed by atoms with Gasteiger partial charge in [0, 0.05) is 12.1 Å². The molecule has 0 aromatic carbocycles. The average molecular weight is 280 g/mol. The predicted molar refractivity (Wildman–Crippen MR) is 69.8 cm³/mol. The van der Waals surface area contributed by atoms with E-state index >= 15 is 0 Å². The van der Waals surface area contributed by atoms with Crippen molar-refractivity contribution in [3.8, 4) is 5.88 Å². The summed E-state index contributed by atoms with van der Waals surface area (Å²) in [7, 11) is 1.35. The number of rotatable bonds is 3. The van der Waals surface area contributed by atoms with Crippen LogP contribution in [0.4, 0.5) is 11.5 Å². The highest BCUT2D eigenvalue weighted by Crippen LogP contribution is 2.43. The van der Waals surface area contributed by atoms with Crippen molar-refractivity contribution in [2.75, 3.05) is 12.0 Å². The van der Waals surface area contributed by atoms with Crippen molar-refractivity contribution >= 4 is 11.5 Å². The number of fused-ring (bicyclic) bond motifs is 2. The normalized spacial score (nSPS) is 28.5. The van der Waals surface area contributed by atoms with Crippen LogP contribution in [-0.2, 0) is 0 Å². The zero-order valence-corrected chi connectivity index (χ0v) is 11.1. The molecule has 0 radical (unpaired) electrons. The van der Waals surface area contributed by atoms with Gasteiger partial charge >= 0.3 is 5.69 Å². The van der Waals surface area contributed by atoms with Crippen molar-refractivity contribution in [2.45, 2.75) is 43.9 Å². The third kappa shape index (κ3) is 1.96. The van der Waals surface area contributed by atoms with Gasteiger partial charge in [-0.2, -0.15) is 4.98 Å². The van der Waals surface area contributed by atoms with Crippen molar-refractivity contribution in [3.05, 3.63) is 16.4 Å². The van der Waals surface area contributed by atoms with E-state index in [-0.39, 0.29) is 29.8 Å². The fourth-order valence-corrected chi connectivity index (χ4v) is 3.35. The van der Waals surface area contributed by atoms with E-state index in [0.717, 1.165) is 12.8 Å². The molecule has 2 aliphatic rings. The molecule has 2 unspecified atom stereocenters. The minimum Gasteiger partial charge on any atom is -0.476 e. The van der Waals surface area contributed by atoms with Crippen molar-refractivity contribution in [3.63, 3.8) is 0 Å². The first-order valence-electron chi connectivity index (χ1n) is 6.61. The van der Waals surface area contributed by atoms with Gasteiger partial charge in [0.05, 0.1) is 18.1 Å². The largest absolute Gasteiger partial charge is 0.476 e. The van der Waals surface area contributed by atoms with Crippen LogP contribution in [0, 0.1) is 10.1 Å². The molecular weight excluding hydrogens is 264 g/mol. The number of aromatic nitrogens is 2. The van der Waals surface area contributed by atoms with E-state index in [0.29, 0.717) is 18.7 Å². The molecule has 0 aliphatic carbocycles. The molecule has 8 heteroatoms. The second-order valence-electron chi connectivity index (χ2n) is 5.23. The minimum atomic E-state index is -0.501. The standard InChI is InChI=1S/C12H16N4O4/c1-20-12-10(16(18)19)11(13-6-14-12)15-7-2-3-8(15)5-9(17)4-7/h6-9,17H,2-5H2,1H3. The average Bonchev–Trinajstić information content (AvgIpc) is 2.69. The second-order valence-corrected chi connectivity index (χ2v) is 5.23. The van der Waals surface area contributed by atoms with E-state index in [9.17, 15) is 15.2 Å². The Morgan fingerprint density at radius 1 is 1.40 bits per heavy atom. The Balaban J connectivity index is 2.05. The summed E-state index contributed by atoms with van der Waals surface area (Å²) in [6.07, 6.45) is 4.05. The van der Waals surface area contributed by atoms with E-state index in [1.165, 1.54) is 13.4 Å². The summed E-state index contributed by atoms with van der Waals surface area (Å²) < 4.78 is 4.98. The Morgan fingerprint density at radius 3 is 2.60 bits per heavy atom. The van der Waals surface area contributed by atoms with Crippen LogP contribution in [0.5, 0.6) is 5.88 Å². The molecule has 3 heterocycles. The third-order valence-corrected chi connectivity index (χ3v) is 4.10. The molecule has 1 aromatic rings. The first kappa shape index (κ1) is 13.0. The lowest BCUT2D eigenvalue weighted by Gasteiger charge is -2.37. The van der Waals surface area contributed by atoms with Gasteiger partial charge in [0.1, 0.15) is 6.33 Å². The number of methoxy groups -OCH3 is 1. The van der Waals surface area contributed by atoms with Crippen LogP contribution < -0.4 is 9.64 Å². The zero-order valence-electron chi connectivity index (χ0n) is 11.1. The lowest BCUT2D eigenvalue weighted by atomic mass is 10.00. The van der Waals surface area contributed by atoms with Gasteiger partial charge in [0.15, 0.2) is 0 Å². The topological polar surface area (TPSA) is 102 Å². The van der Waals surface area contributed by atoms with Gasteiger partial charge < -0.3 is 14.7 Å². The van der Waals surface area contributed by atoms with E-state index in [2.05, 4.69) is 9.97 Å². The van der Waals surface area contributed by atoms with Gasteiger partial charge in [-0.25, -0.2) is 4.98 Å². The van der Waals surface area contributed by atoms with Gasteiger partial charge in [-0.15, -0.1) is 0 Å². The summed E-state index contributed by atoms with van der Waals surface area (Å²) in [5.74, 6) is 0.284. The summed E-state index contributed by atoms with van der Waals surface area (Å²) in [6, 6.07) is 0.198. The number of aliphatic hydroxyl groups is 1. The number of piperidine rings is 1. The van der Waals surface area contributed by atoms with Crippen molar-refractivity contribution in [1.82, 2.24) is 9.97 Å². The number of hydrogen-bond acceptors (Lipinski definition) is 7. The summed E-state index contributed by atoms with van der Waals surface area (Å²) >= 11 is 0. The first-order chi connectivity index (χ1) is 9.61. The second kappa shape index (κ2) is 4.86. The van der Waals surface area contributed by atoms with E-state index < -0.39 is 4.92 Å². The summed E-state index contributed by atoms with van der Waals surface area (Å²) in [4.78, 5) is 20.7. The molecule has 1 N–H and O–H groups in total. The monoisotopic (exact) mass is 280 g/mol. The van der Waals surface area contributed by atoms with Crippen LogP contribution >= 0.6 is 0 Å². The van der Waals surface area contributed by atoms with Crippen LogP contribution in [0.15, 0.2) is 6.33 Å². The molecule has 108 valence electrons. The van der Waals surface area contributed by atoms with Crippen LogP contribution in [0.2, 0.25) is 0 Å². The number of ether oxygens (including phenoxy) is 1. The Hall–Kier alpha value is -1.96. The van der Waals surface area contributed by atoms with Crippen LogP contribution in [0.1, 0.15) is 25.7 Å². The molecule has 20 heavy (non-hydrogen) atoms. The highest BCUT2D eigenvalue weighted by Gasteiger charge is 2.44. The predicted octanol–water partition coefficient (Wildman–Crippen LogP) is 0.885. The maximum Gasteiger partial charge on any atom is 0.372 e. The van der Waals surface area contributed by atoms with Crippen molar-refractivity contribution in [1.29, 1.82) is 0 Å². The highest BCUT2D eigenvalue weighted by molar-refractivity contribution is 5.64. The van der Waals surface area contributed by atoms with E-state index in [1.54, 1.807) is 0 Å². The van der Waals surface area contributed by atoms with Crippen molar-refractivity contribution in [2.24, 2.45) is 0 Å². The fraction of sp³-hybridized carbons (Fsp3) is 0.667. The Kier molecular flexibility index (Phi) is 3.17. The zero-order chi connectivity index (χ0) is 14.3. The molecule has 2 aliphatic heterocycles. The SMILES string of the molecule is COc1ncnc(N2C3CCC2CC(O)C3)c1[N+](=O)[O-]. The first-order valence-corrected chi connectivity index (χ1v) is 6.61. The molecule has 1 aromatic heterocycles. The number of aliphatic hydroxyl groups excluding tert-OH is 1. The molecule has 8 nitrogen and oxygen atoms in total. The molecule has 0 saturated carbocycles. The van der Waals surface area contributed by atoms with Gasteiger partial charge in [-0.05, 0) is 25.7 Å². The molecule has 0 spiro atoms. The van der Waals surface area contributed by atoms with E-state index in [4.69, 9.17) is 4.74 Å². The molecule has 3 rings (SSSR count). The van der Waals surface area contributed by atoms with Crippen LogP contribution in [-0.4, -0.2) is 45.3 Å². The van der Waals surface area contributed by atoms with E-state index in [1.807, 2.05) is 4.90 Å². The minimum absolute atomic E-state index is 0.0227. The van der Waals surface area contributed by atoms with Gasteiger partial charge in [-0.3, -0.25) is 10.1 Å². The summed E-state index contributed by atoms with van der Waals surface area (Å²) in [5.41, 5.74) is -0.191. The molecular formula is C12H16N4O4. The Bertz CT molecular complexity index is 524. The maximum atomic E-state index is 11.3. The quantitative estimate of drug-likeness (QED) is 0.647. The summed E-state index contributed by atoms with van der Waals surface area (Å²) in [5, 5.41) is 21.1. The number of hydrogen-bond donors (Lipinski definition) is 1. The lowest BCUT2D eigenvalue weighted by molar-refractivity contribution is -0.385. The van der Waals surface area contributed by atoms with Gasteiger partial charge in [-0.1, -0.05) is 0 Å². The van der Waals surface area contributed by atoms with Gasteiger partial charge in [0.2, 0.25) is 5.82 Å². The molecule has 2 bridgehead atoms. The number of nitrogens with zero attached hydrogens (tertiary/aromatic N) is 4. The van der Waals surface area contributed by atoms with Crippen LogP contribution in [0.25, 0.3) is 0 Å². The van der Waals surface area contributed by atoms with Gasteiger partial charge in [0.25, 0.3) is 5.88 Å². The smallest absolute Gasteiger partial charge is 0.372 e. The Morgan fingerprint density at radius 2 is 2.05 bits per heavy atom. The molecule has 2 fully saturated rings. The van der Waals surface area contributed by atoms with Crippen LogP contribution in [0.3, 0.4) is 0 Å². The molecule has 0 amide bonds.